The number of hydrogen-bond donors (Lipinski definition) is 2. The summed E-state index contributed by atoms with van der Waals surface area (Å²) in [7, 11) is -3.53. The van der Waals surface area contributed by atoms with Crippen molar-refractivity contribution < 1.29 is 23.1 Å². The lowest BCUT2D eigenvalue weighted by molar-refractivity contribution is -0.141. The molecular weight excluding hydrogens is 234 g/mol. The van der Waals surface area contributed by atoms with Crippen LogP contribution in [-0.2, 0) is 19.4 Å². The minimum Gasteiger partial charge on any atom is -0.480 e. The van der Waals surface area contributed by atoms with Crippen LogP contribution in [0.1, 0.15) is 13.3 Å². The van der Waals surface area contributed by atoms with Gasteiger partial charge in [0.05, 0.1) is 5.75 Å². The molecular formula is C9H15NO5S. The molecule has 0 aromatic heterocycles. The van der Waals surface area contributed by atoms with E-state index in [1.54, 1.807) is 6.92 Å². The van der Waals surface area contributed by atoms with E-state index < -0.39 is 33.5 Å². The highest BCUT2D eigenvalue weighted by Crippen LogP contribution is 1.94. The number of carbonyl (C=O) groups excluding carboxylic acids is 1. The van der Waals surface area contributed by atoms with Gasteiger partial charge >= 0.3 is 5.97 Å². The van der Waals surface area contributed by atoms with Crippen molar-refractivity contribution in [2.24, 2.45) is 0 Å². The highest BCUT2D eigenvalue weighted by Gasteiger charge is 2.21. The molecule has 1 unspecified atom stereocenters. The third kappa shape index (κ3) is 5.50. The smallest absolute Gasteiger partial charge is 0.326 e. The molecule has 0 heterocycles. The van der Waals surface area contributed by atoms with Crippen molar-refractivity contribution in [1.82, 2.24) is 5.32 Å². The van der Waals surface area contributed by atoms with E-state index in [0.717, 1.165) is 0 Å². The molecule has 0 bridgehead atoms. The number of carboxylic acids is 1. The molecule has 0 radical (unpaired) electrons. The van der Waals surface area contributed by atoms with Gasteiger partial charge < -0.3 is 10.4 Å². The minimum absolute atomic E-state index is 0.197. The standard InChI is InChI=1S/C9H15NO5S/c1-3-5-16(14,15)6-8(11)10-7(4-2)9(12)13/h3,7H,1,4-6H2,2H3,(H,10,11)(H,12,13). The van der Waals surface area contributed by atoms with Gasteiger partial charge in [0, 0.05) is 0 Å². The average Bonchev–Trinajstić information content (AvgIpc) is 2.12. The van der Waals surface area contributed by atoms with Crippen molar-refractivity contribution in [2.75, 3.05) is 11.5 Å². The van der Waals surface area contributed by atoms with Crippen molar-refractivity contribution >= 4 is 21.7 Å². The fraction of sp³-hybridized carbons (Fsp3) is 0.556. The Bertz CT molecular complexity index is 373. The van der Waals surface area contributed by atoms with Crippen LogP contribution in [0.4, 0.5) is 0 Å². The molecule has 0 aliphatic heterocycles. The molecule has 1 atom stereocenters. The van der Waals surface area contributed by atoms with E-state index in [1.807, 2.05) is 0 Å². The van der Waals surface area contributed by atoms with Gasteiger partial charge in [-0.2, -0.15) is 0 Å². The Morgan fingerprint density at radius 3 is 2.44 bits per heavy atom. The van der Waals surface area contributed by atoms with Crippen molar-refractivity contribution in [3.63, 3.8) is 0 Å². The van der Waals surface area contributed by atoms with E-state index in [2.05, 4.69) is 11.9 Å². The topological polar surface area (TPSA) is 101 Å². The second kappa shape index (κ2) is 6.26. The highest BCUT2D eigenvalue weighted by molar-refractivity contribution is 7.92. The van der Waals surface area contributed by atoms with E-state index in [-0.39, 0.29) is 12.2 Å². The lowest BCUT2D eigenvalue weighted by atomic mass is 10.2. The van der Waals surface area contributed by atoms with E-state index in [4.69, 9.17) is 5.11 Å². The number of aliphatic carboxylic acids is 1. The molecule has 92 valence electrons. The van der Waals surface area contributed by atoms with Crippen molar-refractivity contribution in [3.05, 3.63) is 12.7 Å². The molecule has 1 amide bonds. The molecule has 0 fully saturated rings. The summed E-state index contributed by atoms with van der Waals surface area (Å²) in [5.41, 5.74) is 0. The predicted molar refractivity (Wildman–Crippen MR) is 58.7 cm³/mol. The number of hydrogen-bond acceptors (Lipinski definition) is 4. The second-order valence-corrected chi connectivity index (χ2v) is 5.32. The van der Waals surface area contributed by atoms with E-state index >= 15 is 0 Å². The SMILES string of the molecule is C=CCS(=O)(=O)CC(=O)NC(CC)C(=O)O. The molecule has 0 aliphatic rings. The summed E-state index contributed by atoms with van der Waals surface area (Å²) in [5, 5.41) is 10.8. The molecule has 0 spiro atoms. The fourth-order valence-corrected chi connectivity index (χ4v) is 1.97. The molecule has 16 heavy (non-hydrogen) atoms. The number of carbonyl (C=O) groups is 2. The third-order valence-electron chi connectivity index (χ3n) is 1.76. The van der Waals surface area contributed by atoms with Gasteiger partial charge in [0.15, 0.2) is 9.84 Å². The zero-order valence-corrected chi connectivity index (χ0v) is 9.79. The lowest BCUT2D eigenvalue weighted by Crippen LogP contribution is -2.43. The van der Waals surface area contributed by atoms with E-state index in [1.165, 1.54) is 6.08 Å². The van der Waals surface area contributed by atoms with Gasteiger partial charge in [0.25, 0.3) is 0 Å². The first-order chi connectivity index (χ1) is 7.32. The fourth-order valence-electron chi connectivity index (χ4n) is 1.01. The molecule has 0 aromatic rings. The first kappa shape index (κ1) is 14.6. The second-order valence-electron chi connectivity index (χ2n) is 3.21. The lowest BCUT2D eigenvalue weighted by Gasteiger charge is -2.11. The average molecular weight is 249 g/mol. The molecule has 0 aliphatic carbocycles. The Balaban J connectivity index is 4.38. The first-order valence-electron chi connectivity index (χ1n) is 4.66. The molecule has 0 saturated carbocycles. The molecule has 7 heteroatoms. The summed E-state index contributed by atoms with van der Waals surface area (Å²) < 4.78 is 22.4. The zero-order valence-electron chi connectivity index (χ0n) is 8.97. The van der Waals surface area contributed by atoms with Crippen LogP contribution in [0.3, 0.4) is 0 Å². The van der Waals surface area contributed by atoms with Crippen LogP contribution in [0, 0.1) is 0 Å². The number of rotatable bonds is 7. The van der Waals surface area contributed by atoms with Gasteiger partial charge in [0.1, 0.15) is 11.8 Å². The van der Waals surface area contributed by atoms with Crippen molar-refractivity contribution in [1.29, 1.82) is 0 Å². The Hall–Kier alpha value is -1.37. The summed E-state index contributed by atoms with van der Waals surface area (Å²) >= 11 is 0. The van der Waals surface area contributed by atoms with Gasteiger partial charge in [-0.1, -0.05) is 13.0 Å². The third-order valence-corrected chi connectivity index (χ3v) is 3.21. The maximum Gasteiger partial charge on any atom is 0.326 e. The van der Waals surface area contributed by atoms with Gasteiger partial charge in [-0.05, 0) is 6.42 Å². The molecule has 0 aromatic carbocycles. The van der Waals surface area contributed by atoms with Crippen LogP contribution in [0.15, 0.2) is 12.7 Å². The molecule has 6 nitrogen and oxygen atoms in total. The summed E-state index contributed by atoms with van der Waals surface area (Å²) in [6.07, 6.45) is 1.37. The van der Waals surface area contributed by atoms with Crippen LogP contribution in [0.5, 0.6) is 0 Å². The quantitative estimate of drug-likeness (QED) is 0.596. The maximum absolute atomic E-state index is 11.2. The van der Waals surface area contributed by atoms with Crippen molar-refractivity contribution in [3.8, 4) is 0 Å². The van der Waals surface area contributed by atoms with Crippen LogP contribution in [0.2, 0.25) is 0 Å². The Morgan fingerprint density at radius 1 is 1.50 bits per heavy atom. The monoisotopic (exact) mass is 249 g/mol. The summed E-state index contributed by atoms with van der Waals surface area (Å²) in [4.78, 5) is 21.8. The summed E-state index contributed by atoms with van der Waals surface area (Å²) in [5.74, 6) is -3.01. The summed E-state index contributed by atoms with van der Waals surface area (Å²) in [6.45, 7) is 4.83. The number of carboxylic acid groups (broad SMARTS) is 1. The van der Waals surface area contributed by atoms with Gasteiger partial charge in [-0.15, -0.1) is 6.58 Å². The van der Waals surface area contributed by atoms with Crippen LogP contribution in [0.25, 0.3) is 0 Å². The Morgan fingerprint density at radius 2 is 2.06 bits per heavy atom. The van der Waals surface area contributed by atoms with E-state index in [9.17, 15) is 18.0 Å². The van der Waals surface area contributed by atoms with Crippen molar-refractivity contribution in [2.45, 2.75) is 19.4 Å². The highest BCUT2D eigenvalue weighted by atomic mass is 32.2. The molecule has 2 N–H and O–H groups in total. The van der Waals surface area contributed by atoms with Gasteiger partial charge in [-0.25, -0.2) is 13.2 Å². The largest absolute Gasteiger partial charge is 0.480 e. The number of amides is 1. The summed E-state index contributed by atoms with van der Waals surface area (Å²) in [6, 6.07) is -1.05. The predicted octanol–water partition coefficient (Wildman–Crippen LogP) is -0.433. The zero-order chi connectivity index (χ0) is 12.8. The minimum atomic E-state index is -3.53. The molecule has 0 saturated heterocycles. The number of sulfone groups is 1. The normalized spacial score (nSPS) is 12.8. The first-order valence-corrected chi connectivity index (χ1v) is 6.48. The van der Waals surface area contributed by atoms with Gasteiger partial charge in [0.2, 0.25) is 5.91 Å². The van der Waals surface area contributed by atoms with E-state index in [0.29, 0.717) is 0 Å². The Kier molecular flexibility index (Phi) is 5.73. The van der Waals surface area contributed by atoms with Crippen LogP contribution >= 0.6 is 0 Å². The number of nitrogens with one attached hydrogen (secondary N) is 1. The van der Waals surface area contributed by atoms with Gasteiger partial charge in [-0.3, -0.25) is 4.79 Å². The van der Waals surface area contributed by atoms with Crippen LogP contribution < -0.4 is 5.32 Å². The van der Waals surface area contributed by atoms with Crippen LogP contribution in [-0.4, -0.2) is 42.9 Å². The maximum atomic E-state index is 11.2. The Labute approximate surface area is 94.3 Å². The molecule has 0 rings (SSSR count).